The summed E-state index contributed by atoms with van der Waals surface area (Å²) in [6.45, 7) is 2.82. The molecule has 96 valence electrons. The summed E-state index contributed by atoms with van der Waals surface area (Å²) in [6, 6.07) is 10.4. The first-order valence-corrected chi connectivity index (χ1v) is 5.83. The van der Waals surface area contributed by atoms with Gasteiger partial charge in [-0.3, -0.25) is 14.6 Å². The van der Waals surface area contributed by atoms with Crippen molar-refractivity contribution in [1.82, 2.24) is 4.98 Å². The van der Waals surface area contributed by atoms with Crippen LogP contribution in [0.5, 0.6) is 5.75 Å². The van der Waals surface area contributed by atoms with E-state index in [1.807, 2.05) is 6.07 Å². The molecule has 19 heavy (non-hydrogen) atoms. The Balaban J connectivity index is 2.56. The molecule has 2 rings (SSSR count). The minimum absolute atomic E-state index is 0.0495. The zero-order valence-electron chi connectivity index (χ0n) is 10.7. The van der Waals surface area contributed by atoms with Crippen LogP contribution in [0, 0.1) is 0 Å². The van der Waals surface area contributed by atoms with Crippen molar-refractivity contribution >= 4 is 11.8 Å². The highest BCUT2D eigenvalue weighted by atomic mass is 16.5. The number of hydrogen-bond acceptors (Lipinski definition) is 4. The summed E-state index contributed by atoms with van der Waals surface area (Å²) >= 11 is 0. The summed E-state index contributed by atoms with van der Waals surface area (Å²) in [5, 5.41) is 0. The Hall–Kier alpha value is -2.49. The molecule has 2 aromatic rings. The maximum atomic E-state index is 11.4. The van der Waals surface area contributed by atoms with E-state index in [0.29, 0.717) is 22.6 Å². The number of pyridine rings is 1. The highest BCUT2D eigenvalue weighted by Crippen LogP contribution is 2.30. The number of carbonyl (C=O) groups excluding carboxylic acids is 2. The van der Waals surface area contributed by atoms with Crippen LogP contribution in [-0.4, -0.2) is 16.7 Å². The van der Waals surface area contributed by atoms with E-state index in [-0.39, 0.29) is 5.78 Å². The summed E-state index contributed by atoms with van der Waals surface area (Å²) in [4.78, 5) is 26.8. The van der Waals surface area contributed by atoms with Crippen LogP contribution in [0.2, 0.25) is 0 Å². The molecule has 0 N–H and O–H groups in total. The molecule has 1 aromatic heterocycles. The lowest BCUT2D eigenvalue weighted by Gasteiger charge is -2.09. The van der Waals surface area contributed by atoms with Crippen LogP contribution in [0.4, 0.5) is 0 Å². The Morgan fingerprint density at radius 2 is 1.89 bits per heavy atom. The molecule has 0 amide bonds. The van der Waals surface area contributed by atoms with E-state index in [0.717, 1.165) is 0 Å². The molecule has 0 unspecified atom stereocenters. The molecule has 0 aliphatic heterocycles. The van der Waals surface area contributed by atoms with Crippen molar-refractivity contribution < 1.29 is 14.3 Å². The van der Waals surface area contributed by atoms with Crippen molar-refractivity contribution in [3.05, 3.63) is 48.2 Å². The second-order valence-corrected chi connectivity index (χ2v) is 4.08. The van der Waals surface area contributed by atoms with E-state index in [2.05, 4.69) is 4.98 Å². The number of hydrogen-bond donors (Lipinski definition) is 0. The van der Waals surface area contributed by atoms with Crippen LogP contribution in [-0.2, 0) is 4.79 Å². The van der Waals surface area contributed by atoms with E-state index < -0.39 is 5.97 Å². The van der Waals surface area contributed by atoms with Gasteiger partial charge in [-0.25, -0.2) is 0 Å². The van der Waals surface area contributed by atoms with E-state index in [1.54, 1.807) is 36.5 Å². The maximum Gasteiger partial charge on any atom is 0.308 e. The molecule has 0 spiro atoms. The van der Waals surface area contributed by atoms with Crippen LogP contribution < -0.4 is 4.74 Å². The lowest BCUT2D eigenvalue weighted by Crippen LogP contribution is -2.04. The Morgan fingerprint density at radius 1 is 1.11 bits per heavy atom. The number of rotatable bonds is 3. The average molecular weight is 255 g/mol. The largest absolute Gasteiger partial charge is 0.426 e. The predicted molar refractivity (Wildman–Crippen MR) is 71.0 cm³/mol. The van der Waals surface area contributed by atoms with Crippen molar-refractivity contribution in [2.75, 3.05) is 0 Å². The van der Waals surface area contributed by atoms with Gasteiger partial charge < -0.3 is 4.74 Å². The van der Waals surface area contributed by atoms with Gasteiger partial charge in [0.05, 0.1) is 5.69 Å². The molecule has 0 fully saturated rings. The summed E-state index contributed by atoms with van der Waals surface area (Å²) in [5.41, 5.74) is 1.84. The van der Waals surface area contributed by atoms with E-state index in [4.69, 9.17) is 4.74 Å². The van der Waals surface area contributed by atoms with Gasteiger partial charge in [-0.15, -0.1) is 0 Å². The number of ether oxygens (including phenoxy) is 1. The molecule has 0 atom stereocenters. The number of nitrogens with zero attached hydrogens (tertiary/aromatic N) is 1. The second kappa shape index (κ2) is 5.44. The summed E-state index contributed by atoms with van der Waals surface area (Å²) in [7, 11) is 0. The van der Waals surface area contributed by atoms with Gasteiger partial charge >= 0.3 is 5.97 Å². The Kier molecular flexibility index (Phi) is 3.71. The molecule has 1 aromatic carbocycles. The van der Waals surface area contributed by atoms with Crippen molar-refractivity contribution in [3.63, 3.8) is 0 Å². The highest BCUT2D eigenvalue weighted by Gasteiger charge is 2.12. The third-order valence-corrected chi connectivity index (χ3v) is 2.58. The maximum absolute atomic E-state index is 11.4. The SMILES string of the molecule is CC(=O)Oc1ccc(C(C)=O)cc1-c1ccccn1. The number of Topliss-reactive ketones (excluding diaryl/α,β-unsaturated/α-hetero) is 1. The fraction of sp³-hybridized carbons (Fsp3) is 0.133. The van der Waals surface area contributed by atoms with Crippen LogP contribution in [0.25, 0.3) is 11.3 Å². The topological polar surface area (TPSA) is 56.3 Å². The molecule has 4 nitrogen and oxygen atoms in total. The first kappa shape index (κ1) is 13.0. The van der Waals surface area contributed by atoms with Crippen molar-refractivity contribution in [1.29, 1.82) is 0 Å². The van der Waals surface area contributed by atoms with Crippen LogP contribution >= 0.6 is 0 Å². The molecule has 0 radical (unpaired) electrons. The van der Waals surface area contributed by atoms with Crippen LogP contribution in [0.3, 0.4) is 0 Å². The highest BCUT2D eigenvalue weighted by molar-refractivity contribution is 5.96. The Morgan fingerprint density at radius 3 is 2.47 bits per heavy atom. The zero-order chi connectivity index (χ0) is 13.8. The predicted octanol–water partition coefficient (Wildman–Crippen LogP) is 2.88. The minimum Gasteiger partial charge on any atom is -0.426 e. The Labute approximate surface area is 111 Å². The second-order valence-electron chi connectivity index (χ2n) is 4.08. The molecule has 0 saturated carbocycles. The molecule has 4 heteroatoms. The Bertz CT molecular complexity index is 621. The third kappa shape index (κ3) is 3.04. The van der Waals surface area contributed by atoms with E-state index >= 15 is 0 Å². The van der Waals surface area contributed by atoms with Crippen LogP contribution in [0.1, 0.15) is 24.2 Å². The van der Waals surface area contributed by atoms with Gasteiger partial charge in [0, 0.05) is 24.2 Å². The van der Waals surface area contributed by atoms with Gasteiger partial charge in [0.1, 0.15) is 5.75 Å². The van der Waals surface area contributed by atoms with Gasteiger partial charge in [-0.05, 0) is 37.3 Å². The minimum atomic E-state index is -0.409. The number of carbonyl (C=O) groups is 2. The fourth-order valence-electron chi connectivity index (χ4n) is 1.72. The first-order chi connectivity index (χ1) is 9.08. The van der Waals surface area contributed by atoms with Gasteiger partial charge in [0.25, 0.3) is 0 Å². The number of ketones is 1. The molecule has 0 bridgehead atoms. The zero-order valence-corrected chi connectivity index (χ0v) is 10.7. The quantitative estimate of drug-likeness (QED) is 0.480. The van der Waals surface area contributed by atoms with E-state index in [9.17, 15) is 9.59 Å². The smallest absolute Gasteiger partial charge is 0.308 e. The van der Waals surface area contributed by atoms with Crippen molar-refractivity contribution in [2.24, 2.45) is 0 Å². The average Bonchev–Trinajstić information content (AvgIpc) is 2.39. The summed E-state index contributed by atoms with van der Waals surface area (Å²) in [6.07, 6.45) is 1.65. The van der Waals surface area contributed by atoms with Crippen molar-refractivity contribution in [2.45, 2.75) is 13.8 Å². The number of aromatic nitrogens is 1. The standard InChI is InChI=1S/C15H13NO3/c1-10(17)12-6-7-15(19-11(2)18)13(9-12)14-5-3-4-8-16-14/h3-9H,1-2H3. The van der Waals surface area contributed by atoms with Gasteiger partial charge in [0.2, 0.25) is 0 Å². The summed E-state index contributed by atoms with van der Waals surface area (Å²) < 4.78 is 5.14. The van der Waals surface area contributed by atoms with Crippen LogP contribution in [0.15, 0.2) is 42.6 Å². The molecule has 0 saturated heterocycles. The van der Waals surface area contributed by atoms with E-state index in [1.165, 1.54) is 13.8 Å². The molecule has 0 aliphatic carbocycles. The third-order valence-electron chi connectivity index (χ3n) is 2.58. The first-order valence-electron chi connectivity index (χ1n) is 5.83. The molecule has 0 aliphatic rings. The molecular weight excluding hydrogens is 242 g/mol. The summed E-state index contributed by atoms with van der Waals surface area (Å²) in [5.74, 6) is -0.0597. The number of benzene rings is 1. The molecule has 1 heterocycles. The fourth-order valence-corrected chi connectivity index (χ4v) is 1.72. The van der Waals surface area contributed by atoms with Gasteiger partial charge in [-0.2, -0.15) is 0 Å². The monoisotopic (exact) mass is 255 g/mol. The molecular formula is C15H13NO3. The normalized spacial score (nSPS) is 10.0. The van der Waals surface area contributed by atoms with Gasteiger partial charge in [0.15, 0.2) is 5.78 Å². The number of esters is 1. The lowest BCUT2D eigenvalue weighted by atomic mass is 10.0. The lowest BCUT2D eigenvalue weighted by molar-refractivity contribution is -0.131. The van der Waals surface area contributed by atoms with Gasteiger partial charge in [-0.1, -0.05) is 6.07 Å². The van der Waals surface area contributed by atoms with Crippen molar-refractivity contribution in [3.8, 4) is 17.0 Å².